The summed E-state index contributed by atoms with van der Waals surface area (Å²) < 4.78 is 10.8. The van der Waals surface area contributed by atoms with Gasteiger partial charge in [0.25, 0.3) is 0 Å². The lowest BCUT2D eigenvalue weighted by Gasteiger charge is -2.29. The molecule has 182 valence electrons. The van der Waals surface area contributed by atoms with Crippen LogP contribution in [0.2, 0.25) is 0 Å². The fraction of sp³-hybridized carbons (Fsp3) is 0.296. The average Bonchev–Trinajstić information content (AvgIpc) is 3.44. The number of furan rings is 1. The molecule has 8 nitrogen and oxygen atoms in total. The van der Waals surface area contributed by atoms with Gasteiger partial charge in [-0.1, -0.05) is 61.9 Å². The van der Waals surface area contributed by atoms with Crippen molar-refractivity contribution in [2.75, 3.05) is 6.61 Å². The van der Waals surface area contributed by atoms with Crippen LogP contribution in [0.5, 0.6) is 0 Å². The molecule has 0 spiro atoms. The molecular weight excluding hydrogens is 448 g/mol. The molecule has 0 aliphatic heterocycles. The highest BCUT2D eigenvalue weighted by Gasteiger charge is 2.35. The van der Waals surface area contributed by atoms with Crippen molar-refractivity contribution in [1.82, 2.24) is 10.6 Å². The summed E-state index contributed by atoms with van der Waals surface area (Å²) in [6.45, 7) is 3.69. The van der Waals surface area contributed by atoms with E-state index in [0.29, 0.717) is 18.6 Å². The average molecular weight is 477 g/mol. The van der Waals surface area contributed by atoms with E-state index >= 15 is 0 Å². The van der Waals surface area contributed by atoms with Crippen molar-refractivity contribution in [2.24, 2.45) is 0 Å². The van der Waals surface area contributed by atoms with Gasteiger partial charge >= 0.3 is 12.1 Å². The zero-order valence-corrected chi connectivity index (χ0v) is 19.7. The molecule has 35 heavy (non-hydrogen) atoms. The van der Waals surface area contributed by atoms with Crippen molar-refractivity contribution >= 4 is 18.0 Å². The minimum atomic E-state index is -1.21. The Labute approximate surface area is 203 Å². The summed E-state index contributed by atoms with van der Waals surface area (Å²) in [7, 11) is 0. The first-order valence-corrected chi connectivity index (χ1v) is 11.6. The summed E-state index contributed by atoms with van der Waals surface area (Å²) in [5.74, 6) is -1.59. The number of carbonyl (C=O) groups excluding carboxylic acids is 2. The Morgan fingerprint density at radius 2 is 1.63 bits per heavy atom. The minimum absolute atomic E-state index is 0.00220. The van der Waals surface area contributed by atoms with Crippen molar-refractivity contribution < 1.29 is 28.6 Å². The molecule has 0 saturated carbocycles. The highest BCUT2D eigenvalue weighted by atomic mass is 16.5. The van der Waals surface area contributed by atoms with E-state index in [1.807, 2.05) is 43.3 Å². The zero-order valence-electron chi connectivity index (χ0n) is 19.7. The first-order chi connectivity index (χ1) is 16.8. The first kappa shape index (κ1) is 24.1. The Kier molecular flexibility index (Phi) is 6.91. The maximum Gasteiger partial charge on any atom is 0.408 e. The number of carbonyl (C=O) groups is 3. The lowest BCUT2D eigenvalue weighted by molar-refractivity contribution is -0.127. The SMILES string of the molecule is CCCC(C)(NC(=O)OCC1c2ccccc2-c2ccccc21)C(=O)NCc1ccc(C(=O)O)o1. The molecule has 1 unspecified atom stereocenters. The molecule has 1 aromatic heterocycles. The number of amides is 2. The normalized spacial score (nSPS) is 13.9. The molecule has 0 radical (unpaired) electrons. The monoisotopic (exact) mass is 476 g/mol. The zero-order chi connectivity index (χ0) is 25.0. The molecule has 1 atom stereocenters. The minimum Gasteiger partial charge on any atom is -0.475 e. The number of aromatic carboxylic acids is 1. The van der Waals surface area contributed by atoms with Gasteiger partial charge < -0.3 is 24.9 Å². The Bertz CT molecular complexity index is 1200. The maximum absolute atomic E-state index is 13.0. The number of rotatable bonds is 9. The van der Waals surface area contributed by atoms with E-state index < -0.39 is 23.5 Å². The highest BCUT2D eigenvalue weighted by Crippen LogP contribution is 2.44. The summed E-state index contributed by atoms with van der Waals surface area (Å²) in [5, 5.41) is 14.4. The number of benzene rings is 2. The van der Waals surface area contributed by atoms with Gasteiger partial charge in [-0.2, -0.15) is 0 Å². The number of ether oxygens (including phenoxy) is 1. The van der Waals surface area contributed by atoms with E-state index in [-0.39, 0.29) is 24.8 Å². The third-order valence-electron chi connectivity index (χ3n) is 6.27. The number of alkyl carbamates (subject to hydrolysis) is 1. The largest absolute Gasteiger partial charge is 0.475 e. The summed E-state index contributed by atoms with van der Waals surface area (Å²) in [4.78, 5) is 36.7. The number of fused-ring (bicyclic) bond motifs is 3. The van der Waals surface area contributed by atoms with Crippen LogP contribution in [0.1, 0.15) is 60.0 Å². The quantitative estimate of drug-likeness (QED) is 0.412. The first-order valence-electron chi connectivity index (χ1n) is 11.6. The molecule has 1 aliphatic rings. The van der Waals surface area contributed by atoms with Gasteiger partial charge in [0.15, 0.2) is 0 Å². The van der Waals surface area contributed by atoms with Gasteiger partial charge in [0.1, 0.15) is 17.9 Å². The van der Waals surface area contributed by atoms with Crippen LogP contribution in [-0.2, 0) is 16.1 Å². The van der Waals surface area contributed by atoms with Crippen LogP contribution in [0.15, 0.2) is 65.1 Å². The molecule has 2 aromatic carbocycles. The second-order valence-electron chi connectivity index (χ2n) is 8.79. The van der Waals surface area contributed by atoms with Crippen molar-refractivity contribution in [2.45, 2.75) is 44.7 Å². The van der Waals surface area contributed by atoms with Crippen molar-refractivity contribution in [3.63, 3.8) is 0 Å². The van der Waals surface area contributed by atoms with Gasteiger partial charge in [0, 0.05) is 5.92 Å². The van der Waals surface area contributed by atoms with Crippen LogP contribution in [0.4, 0.5) is 4.79 Å². The lowest BCUT2D eigenvalue weighted by Crippen LogP contribution is -2.56. The van der Waals surface area contributed by atoms with E-state index in [2.05, 4.69) is 22.8 Å². The van der Waals surface area contributed by atoms with E-state index in [1.165, 1.54) is 12.1 Å². The van der Waals surface area contributed by atoms with E-state index in [4.69, 9.17) is 14.3 Å². The van der Waals surface area contributed by atoms with Crippen LogP contribution >= 0.6 is 0 Å². The van der Waals surface area contributed by atoms with Crippen molar-refractivity contribution in [3.8, 4) is 11.1 Å². The molecular formula is C27H28N2O6. The van der Waals surface area contributed by atoms with Gasteiger partial charge in [0.2, 0.25) is 11.7 Å². The molecule has 2 amide bonds. The number of hydrogen-bond donors (Lipinski definition) is 3. The molecule has 3 aromatic rings. The Balaban J connectivity index is 1.39. The number of carboxylic acid groups (broad SMARTS) is 1. The number of carboxylic acids is 1. The van der Waals surface area contributed by atoms with E-state index in [9.17, 15) is 14.4 Å². The standard InChI is InChI=1S/C27H28N2O6/c1-3-14-27(2,25(32)28-15-17-12-13-23(35-17)24(30)31)29-26(33)34-16-22-20-10-6-4-8-18(20)19-9-5-7-11-21(19)22/h4-13,22H,3,14-16H2,1-2H3,(H,28,32)(H,29,33)(H,30,31). The van der Waals surface area contributed by atoms with Crippen LogP contribution in [-0.4, -0.2) is 35.2 Å². The van der Waals surface area contributed by atoms with E-state index in [1.54, 1.807) is 6.92 Å². The van der Waals surface area contributed by atoms with Crippen LogP contribution in [0, 0.1) is 0 Å². The van der Waals surface area contributed by atoms with Gasteiger partial charge in [-0.15, -0.1) is 0 Å². The van der Waals surface area contributed by atoms with Gasteiger partial charge in [-0.05, 0) is 47.7 Å². The maximum atomic E-state index is 13.0. The molecule has 3 N–H and O–H groups in total. The molecule has 1 aliphatic carbocycles. The van der Waals surface area contributed by atoms with Crippen LogP contribution in [0.3, 0.4) is 0 Å². The van der Waals surface area contributed by atoms with Crippen LogP contribution in [0.25, 0.3) is 11.1 Å². The number of nitrogens with one attached hydrogen (secondary N) is 2. The fourth-order valence-electron chi connectivity index (χ4n) is 4.54. The van der Waals surface area contributed by atoms with Gasteiger partial charge in [-0.25, -0.2) is 9.59 Å². The van der Waals surface area contributed by atoms with Crippen molar-refractivity contribution in [1.29, 1.82) is 0 Å². The Hall–Kier alpha value is -4.07. The summed E-state index contributed by atoms with van der Waals surface area (Å²) in [6.07, 6.45) is 0.364. The van der Waals surface area contributed by atoms with Crippen molar-refractivity contribution in [3.05, 3.63) is 83.3 Å². The van der Waals surface area contributed by atoms with E-state index in [0.717, 1.165) is 22.3 Å². The predicted molar refractivity (Wildman–Crippen MR) is 129 cm³/mol. The third-order valence-corrected chi connectivity index (χ3v) is 6.27. The topological polar surface area (TPSA) is 118 Å². The molecule has 0 bridgehead atoms. The Morgan fingerprint density at radius 3 is 2.20 bits per heavy atom. The molecule has 1 heterocycles. The highest BCUT2D eigenvalue weighted by molar-refractivity contribution is 5.89. The second kappa shape index (κ2) is 10.0. The molecule has 0 saturated heterocycles. The Morgan fingerprint density at radius 1 is 1.00 bits per heavy atom. The summed E-state index contributed by atoms with van der Waals surface area (Å²) in [5.41, 5.74) is 3.27. The molecule has 4 rings (SSSR count). The second-order valence-corrected chi connectivity index (χ2v) is 8.79. The lowest BCUT2D eigenvalue weighted by atomic mass is 9.95. The smallest absolute Gasteiger partial charge is 0.408 e. The third kappa shape index (κ3) is 5.06. The predicted octanol–water partition coefficient (Wildman–Crippen LogP) is 4.69. The van der Waals surface area contributed by atoms with Gasteiger partial charge in [-0.3, -0.25) is 4.79 Å². The van der Waals surface area contributed by atoms with Crippen LogP contribution < -0.4 is 10.6 Å². The number of hydrogen-bond acceptors (Lipinski definition) is 5. The summed E-state index contributed by atoms with van der Waals surface area (Å²) >= 11 is 0. The summed E-state index contributed by atoms with van der Waals surface area (Å²) in [6, 6.07) is 18.9. The fourth-order valence-corrected chi connectivity index (χ4v) is 4.54. The molecule has 0 fully saturated rings. The van der Waals surface area contributed by atoms with Gasteiger partial charge in [0.05, 0.1) is 6.54 Å². The molecule has 8 heteroatoms.